The molecular formula is C23H19F3N4O3. The fraction of sp³-hybridized carbons (Fsp3) is 0.304. The summed E-state index contributed by atoms with van der Waals surface area (Å²) in [5.74, 6) is -0.382. The molecular weight excluding hydrogens is 437 g/mol. The number of fused-ring (bicyclic) bond motifs is 4. The highest BCUT2D eigenvalue weighted by molar-refractivity contribution is 5.92. The van der Waals surface area contributed by atoms with E-state index in [0.717, 1.165) is 12.1 Å². The summed E-state index contributed by atoms with van der Waals surface area (Å²) in [5, 5.41) is 0. The van der Waals surface area contributed by atoms with Crippen LogP contribution in [-0.4, -0.2) is 44.8 Å². The van der Waals surface area contributed by atoms with Crippen LogP contribution in [0.15, 0.2) is 59.8 Å². The monoisotopic (exact) mass is 456 g/mol. The Bertz CT molecular complexity index is 1240. The van der Waals surface area contributed by atoms with Crippen LogP contribution in [0.3, 0.4) is 0 Å². The van der Waals surface area contributed by atoms with Gasteiger partial charge < -0.3 is 14.2 Å². The van der Waals surface area contributed by atoms with E-state index in [4.69, 9.17) is 0 Å². The van der Waals surface area contributed by atoms with E-state index in [1.807, 2.05) is 6.07 Å². The van der Waals surface area contributed by atoms with Crippen molar-refractivity contribution in [1.82, 2.24) is 19.4 Å². The Labute approximate surface area is 186 Å². The maximum Gasteiger partial charge on any atom is 0.573 e. The Morgan fingerprint density at radius 1 is 1.03 bits per heavy atom. The van der Waals surface area contributed by atoms with E-state index in [1.165, 1.54) is 42.9 Å². The first-order valence-corrected chi connectivity index (χ1v) is 10.4. The van der Waals surface area contributed by atoms with Gasteiger partial charge in [0.05, 0.1) is 6.20 Å². The molecule has 1 amide bonds. The summed E-state index contributed by atoms with van der Waals surface area (Å²) in [7, 11) is 0. The number of aromatic nitrogens is 3. The average Bonchev–Trinajstić information content (AvgIpc) is 2.79. The first-order chi connectivity index (χ1) is 15.8. The number of alkyl halides is 3. The molecule has 2 atom stereocenters. The van der Waals surface area contributed by atoms with Crippen LogP contribution in [0.4, 0.5) is 13.2 Å². The lowest BCUT2D eigenvalue weighted by Crippen LogP contribution is -2.49. The number of ether oxygens (including phenoxy) is 1. The Morgan fingerprint density at radius 3 is 2.52 bits per heavy atom. The molecule has 1 saturated heterocycles. The third-order valence-electron chi connectivity index (χ3n) is 6.07. The molecule has 2 aliphatic rings. The van der Waals surface area contributed by atoms with Crippen molar-refractivity contribution in [3.63, 3.8) is 0 Å². The van der Waals surface area contributed by atoms with Gasteiger partial charge >= 0.3 is 6.36 Å². The van der Waals surface area contributed by atoms with Gasteiger partial charge in [0.15, 0.2) is 0 Å². The maximum atomic E-state index is 13.2. The van der Waals surface area contributed by atoms with Crippen LogP contribution >= 0.6 is 0 Å². The molecule has 0 N–H and O–H groups in total. The summed E-state index contributed by atoms with van der Waals surface area (Å²) < 4.78 is 42.8. The van der Waals surface area contributed by atoms with E-state index in [9.17, 15) is 22.8 Å². The quantitative estimate of drug-likeness (QED) is 0.603. The van der Waals surface area contributed by atoms with Crippen LogP contribution < -0.4 is 10.3 Å². The van der Waals surface area contributed by atoms with Crippen molar-refractivity contribution < 1.29 is 22.7 Å². The number of carbonyl (C=O) groups excluding carboxylic acids is 1. The van der Waals surface area contributed by atoms with Crippen molar-refractivity contribution >= 4 is 5.91 Å². The van der Waals surface area contributed by atoms with Crippen LogP contribution in [0.25, 0.3) is 11.1 Å². The number of hydrogen-bond donors (Lipinski definition) is 0. The molecule has 10 heteroatoms. The fourth-order valence-corrected chi connectivity index (χ4v) is 4.74. The predicted octanol–water partition coefficient (Wildman–Crippen LogP) is 3.46. The normalized spacial score (nSPS) is 19.7. The Balaban J connectivity index is 1.40. The summed E-state index contributed by atoms with van der Waals surface area (Å²) in [6.07, 6.45) is 0.553. The molecule has 2 aliphatic heterocycles. The van der Waals surface area contributed by atoms with Gasteiger partial charge in [-0.15, -0.1) is 13.2 Å². The number of pyridine rings is 1. The second-order valence-electron chi connectivity index (χ2n) is 8.26. The van der Waals surface area contributed by atoms with Crippen LogP contribution in [0.2, 0.25) is 0 Å². The number of carbonyl (C=O) groups is 1. The molecule has 7 nitrogen and oxygen atoms in total. The number of rotatable bonds is 3. The molecule has 1 fully saturated rings. The van der Waals surface area contributed by atoms with Crippen molar-refractivity contribution in [3.8, 4) is 16.9 Å². The van der Waals surface area contributed by atoms with Crippen molar-refractivity contribution in [2.75, 3.05) is 13.1 Å². The third kappa shape index (κ3) is 4.20. The minimum atomic E-state index is -4.77. The van der Waals surface area contributed by atoms with Crippen LogP contribution in [0.1, 0.15) is 28.5 Å². The van der Waals surface area contributed by atoms with E-state index in [0.29, 0.717) is 36.5 Å². The largest absolute Gasteiger partial charge is 0.573 e. The number of piperidine rings is 1. The number of halogens is 3. The van der Waals surface area contributed by atoms with Gasteiger partial charge in [0, 0.05) is 49.2 Å². The average molecular weight is 456 g/mol. The highest BCUT2D eigenvalue weighted by atomic mass is 19.4. The third-order valence-corrected chi connectivity index (χ3v) is 6.07. The lowest BCUT2D eigenvalue weighted by Gasteiger charge is -2.42. The highest BCUT2D eigenvalue weighted by Gasteiger charge is 2.37. The number of hydrogen-bond acceptors (Lipinski definition) is 5. The van der Waals surface area contributed by atoms with Gasteiger partial charge in [-0.3, -0.25) is 14.6 Å². The van der Waals surface area contributed by atoms with Crippen molar-refractivity contribution in [1.29, 1.82) is 0 Å². The number of likely N-dealkylation sites (tertiary alicyclic amines) is 1. The topological polar surface area (TPSA) is 77.3 Å². The first-order valence-electron chi connectivity index (χ1n) is 10.4. The van der Waals surface area contributed by atoms with Gasteiger partial charge in [0.1, 0.15) is 11.4 Å². The standard InChI is InChI=1S/C23H19F3N4O3/c24-23(25,26)33-17-3-1-15(2-4-17)18-5-6-20-16-9-14(12-30(20)21(18)31)11-29(13-16)22(32)19-10-27-7-8-28-19/h1-8,10,14,16H,9,11-13H2. The number of nitrogens with zero attached hydrogens (tertiary/aromatic N) is 4. The summed E-state index contributed by atoms with van der Waals surface area (Å²) in [6, 6.07) is 8.82. The minimum absolute atomic E-state index is 0.0161. The molecule has 1 aromatic carbocycles. The van der Waals surface area contributed by atoms with Gasteiger partial charge in [-0.05, 0) is 42.2 Å². The second-order valence-corrected chi connectivity index (χ2v) is 8.26. The van der Waals surface area contributed by atoms with E-state index < -0.39 is 6.36 Å². The zero-order valence-electron chi connectivity index (χ0n) is 17.3. The van der Waals surface area contributed by atoms with Gasteiger partial charge in [0.25, 0.3) is 11.5 Å². The highest BCUT2D eigenvalue weighted by Crippen LogP contribution is 2.36. The van der Waals surface area contributed by atoms with Gasteiger partial charge in [0.2, 0.25) is 0 Å². The van der Waals surface area contributed by atoms with Crippen molar-refractivity contribution in [3.05, 3.63) is 76.7 Å². The maximum absolute atomic E-state index is 13.2. The Morgan fingerprint density at radius 2 is 1.82 bits per heavy atom. The molecule has 2 aromatic heterocycles. The molecule has 3 aromatic rings. The molecule has 4 heterocycles. The number of benzene rings is 1. The fourth-order valence-electron chi connectivity index (χ4n) is 4.74. The second kappa shape index (κ2) is 8.02. The Hall–Kier alpha value is -3.69. The molecule has 0 radical (unpaired) electrons. The van der Waals surface area contributed by atoms with E-state index >= 15 is 0 Å². The summed E-state index contributed by atoms with van der Waals surface area (Å²) in [4.78, 5) is 35.9. The first kappa shape index (κ1) is 21.2. The molecule has 5 rings (SSSR count). The number of amides is 1. The summed E-state index contributed by atoms with van der Waals surface area (Å²) in [5.41, 5.74) is 1.88. The van der Waals surface area contributed by atoms with E-state index in [-0.39, 0.29) is 29.1 Å². The molecule has 2 bridgehead atoms. The van der Waals surface area contributed by atoms with E-state index in [2.05, 4.69) is 14.7 Å². The van der Waals surface area contributed by atoms with Crippen LogP contribution in [0.5, 0.6) is 5.75 Å². The zero-order chi connectivity index (χ0) is 23.2. The predicted molar refractivity (Wildman–Crippen MR) is 112 cm³/mol. The lowest BCUT2D eigenvalue weighted by molar-refractivity contribution is -0.274. The van der Waals surface area contributed by atoms with Crippen LogP contribution in [0, 0.1) is 5.92 Å². The molecule has 0 saturated carbocycles. The van der Waals surface area contributed by atoms with Gasteiger partial charge in [-0.1, -0.05) is 12.1 Å². The van der Waals surface area contributed by atoms with E-state index in [1.54, 1.807) is 15.5 Å². The Kier molecular flexibility index (Phi) is 5.15. The van der Waals surface area contributed by atoms with Gasteiger partial charge in [-0.25, -0.2) is 4.98 Å². The zero-order valence-corrected chi connectivity index (χ0v) is 17.3. The summed E-state index contributed by atoms with van der Waals surface area (Å²) >= 11 is 0. The molecule has 2 unspecified atom stereocenters. The van der Waals surface area contributed by atoms with Crippen LogP contribution in [-0.2, 0) is 6.54 Å². The SMILES string of the molecule is O=C(c1cnccn1)N1CC2CC(C1)c1ccc(-c3ccc(OC(F)(F)F)cc3)c(=O)n1C2. The lowest BCUT2D eigenvalue weighted by atomic mass is 9.82. The van der Waals surface area contributed by atoms with Gasteiger partial charge in [-0.2, -0.15) is 0 Å². The molecule has 170 valence electrons. The van der Waals surface area contributed by atoms with Crippen molar-refractivity contribution in [2.45, 2.75) is 25.2 Å². The molecule has 0 aliphatic carbocycles. The molecule has 0 spiro atoms. The minimum Gasteiger partial charge on any atom is -0.406 e. The smallest absolute Gasteiger partial charge is 0.406 e. The molecule has 33 heavy (non-hydrogen) atoms. The van der Waals surface area contributed by atoms with Crippen molar-refractivity contribution in [2.24, 2.45) is 5.92 Å². The summed E-state index contributed by atoms with van der Waals surface area (Å²) in [6.45, 7) is 1.47.